The average molecular weight is 475 g/mol. The van der Waals surface area contributed by atoms with Gasteiger partial charge in [-0.05, 0) is 77.8 Å². The monoisotopic (exact) mass is 474 g/mol. The molecule has 2 aromatic carbocycles. The van der Waals surface area contributed by atoms with Crippen LogP contribution in [0, 0.1) is 17.8 Å². The van der Waals surface area contributed by atoms with E-state index in [9.17, 15) is 13.2 Å². The molecule has 2 saturated carbocycles. The van der Waals surface area contributed by atoms with Gasteiger partial charge in [0.15, 0.2) is 0 Å². The van der Waals surface area contributed by atoms with Crippen molar-refractivity contribution in [2.45, 2.75) is 109 Å². The highest BCUT2D eigenvalue weighted by Gasteiger charge is 2.31. The van der Waals surface area contributed by atoms with Gasteiger partial charge in [0.2, 0.25) is 0 Å². The third-order valence-electron chi connectivity index (χ3n) is 8.55. The van der Waals surface area contributed by atoms with Crippen LogP contribution in [0.3, 0.4) is 0 Å². The van der Waals surface area contributed by atoms with Crippen LogP contribution in [0.4, 0.5) is 13.2 Å². The quantitative estimate of drug-likeness (QED) is 0.328. The number of benzene rings is 2. The van der Waals surface area contributed by atoms with E-state index in [0.717, 1.165) is 28.5 Å². The lowest BCUT2D eigenvalue weighted by molar-refractivity contribution is -0.274. The first-order chi connectivity index (χ1) is 16.4. The Morgan fingerprint density at radius 1 is 0.706 bits per heavy atom. The molecule has 0 amide bonds. The van der Waals surface area contributed by atoms with Gasteiger partial charge in [0, 0.05) is 0 Å². The highest BCUT2D eigenvalue weighted by molar-refractivity contribution is 5.84. The molecule has 4 rings (SSSR count). The van der Waals surface area contributed by atoms with Gasteiger partial charge in [-0.2, -0.15) is 0 Å². The van der Waals surface area contributed by atoms with Gasteiger partial charge in [-0.3, -0.25) is 0 Å². The van der Waals surface area contributed by atoms with E-state index in [1.165, 1.54) is 108 Å². The molecule has 0 N–H and O–H groups in total. The van der Waals surface area contributed by atoms with Gasteiger partial charge in [-0.1, -0.05) is 95.4 Å². The number of ether oxygens (including phenoxy) is 1. The molecule has 2 aliphatic rings. The molecule has 2 aromatic rings. The van der Waals surface area contributed by atoms with Crippen molar-refractivity contribution in [3.8, 4) is 5.75 Å². The van der Waals surface area contributed by atoms with Crippen molar-refractivity contribution >= 4 is 10.8 Å². The van der Waals surface area contributed by atoms with Crippen LogP contribution in [0.15, 0.2) is 36.4 Å². The van der Waals surface area contributed by atoms with Crippen LogP contribution in [0.25, 0.3) is 10.8 Å². The summed E-state index contributed by atoms with van der Waals surface area (Å²) in [6.07, 6.45) is 14.7. The van der Waals surface area contributed by atoms with E-state index in [1.807, 2.05) is 6.07 Å². The Morgan fingerprint density at radius 3 is 1.88 bits per heavy atom. The first kappa shape index (κ1) is 25.4. The summed E-state index contributed by atoms with van der Waals surface area (Å²) in [5.41, 5.74) is 1.33. The second-order valence-corrected chi connectivity index (χ2v) is 11.0. The first-order valence-electron chi connectivity index (χ1n) is 13.7. The van der Waals surface area contributed by atoms with Crippen LogP contribution < -0.4 is 4.74 Å². The number of hydrogen-bond acceptors (Lipinski definition) is 1. The number of unbranched alkanes of at least 4 members (excludes halogenated alkanes) is 2. The van der Waals surface area contributed by atoms with Crippen LogP contribution in [-0.2, 0) is 0 Å². The maximum atomic E-state index is 12.5. The Kier molecular flexibility index (Phi) is 8.82. The summed E-state index contributed by atoms with van der Waals surface area (Å²) in [6.45, 7) is 2.29. The standard InChI is InChI=1S/C30H41F3O/c1-2-3-4-5-22-6-8-23(9-7-22)10-11-24-12-14-25(15-13-24)26-16-17-28-21-29(34-30(31,32)33)19-18-27(28)20-26/h16-25H,2-15H2,1H3/t22-,23-,24?,25?. The SMILES string of the molecule is CCCCC[C@H]1CC[C@H](CCC2CCC(c3ccc4cc(OC(F)(F)F)ccc4c3)CC2)CC1. The second-order valence-electron chi connectivity index (χ2n) is 11.0. The van der Waals surface area contributed by atoms with Crippen molar-refractivity contribution in [2.24, 2.45) is 17.8 Å². The van der Waals surface area contributed by atoms with Gasteiger partial charge in [0.1, 0.15) is 5.75 Å². The summed E-state index contributed by atoms with van der Waals surface area (Å²) >= 11 is 0. The lowest BCUT2D eigenvalue weighted by Gasteiger charge is -2.32. The normalized spacial score (nSPS) is 26.0. The van der Waals surface area contributed by atoms with Gasteiger partial charge in [-0.25, -0.2) is 0 Å². The molecule has 188 valence electrons. The molecular weight excluding hydrogens is 433 g/mol. The summed E-state index contributed by atoms with van der Waals surface area (Å²) < 4.78 is 41.5. The molecule has 0 aromatic heterocycles. The fraction of sp³-hybridized carbons (Fsp3) is 0.667. The van der Waals surface area contributed by atoms with Crippen LogP contribution >= 0.6 is 0 Å². The van der Waals surface area contributed by atoms with Crippen molar-refractivity contribution in [1.82, 2.24) is 0 Å². The van der Waals surface area contributed by atoms with Crippen molar-refractivity contribution < 1.29 is 17.9 Å². The number of alkyl halides is 3. The number of rotatable bonds is 9. The average Bonchev–Trinajstić information content (AvgIpc) is 2.83. The minimum atomic E-state index is -4.65. The molecule has 2 aliphatic carbocycles. The molecule has 1 nitrogen and oxygen atoms in total. The minimum Gasteiger partial charge on any atom is -0.406 e. The number of hydrogen-bond donors (Lipinski definition) is 0. The Balaban J connectivity index is 1.20. The largest absolute Gasteiger partial charge is 0.573 e. The van der Waals surface area contributed by atoms with Crippen molar-refractivity contribution in [2.75, 3.05) is 0 Å². The van der Waals surface area contributed by atoms with Gasteiger partial charge >= 0.3 is 6.36 Å². The molecule has 0 spiro atoms. The molecule has 0 aliphatic heterocycles. The predicted octanol–water partition coefficient (Wildman–Crippen LogP) is 10.2. The molecule has 2 fully saturated rings. The third-order valence-corrected chi connectivity index (χ3v) is 8.55. The number of fused-ring (bicyclic) bond motifs is 1. The molecule has 0 radical (unpaired) electrons. The van der Waals surface area contributed by atoms with E-state index < -0.39 is 6.36 Å². The van der Waals surface area contributed by atoms with Gasteiger partial charge < -0.3 is 4.74 Å². The van der Waals surface area contributed by atoms with E-state index in [1.54, 1.807) is 6.07 Å². The molecule has 0 atom stereocenters. The zero-order valence-electron chi connectivity index (χ0n) is 20.7. The van der Waals surface area contributed by atoms with Crippen LogP contribution in [-0.4, -0.2) is 6.36 Å². The van der Waals surface area contributed by atoms with E-state index >= 15 is 0 Å². The molecule has 0 unspecified atom stereocenters. The van der Waals surface area contributed by atoms with Gasteiger partial charge in [-0.15, -0.1) is 13.2 Å². The topological polar surface area (TPSA) is 9.23 Å². The second kappa shape index (κ2) is 11.8. The summed E-state index contributed by atoms with van der Waals surface area (Å²) in [6, 6.07) is 10.8. The molecule has 0 heterocycles. The zero-order valence-corrected chi connectivity index (χ0v) is 20.7. The van der Waals surface area contributed by atoms with Gasteiger partial charge in [0.05, 0.1) is 0 Å². The van der Waals surface area contributed by atoms with Crippen LogP contribution in [0.1, 0.15) is 108 Å². The molecule has 0 bridgehead atoms. The summed E-state index contributed by atoms with van der Waals surface area (Å²) in [5.74, 6) is 3.26. The lowest BCUT2D eigenvalue weighted by atomic mass is 9.74. The third kappa shape index (κ3) is 7.39. The van der Waals surface area contributed by atoms with Crippen molar-refractivity contribution in [1.29, 1.82) is 0 Å². The Labute approximate surface area is 203 Å². The Morgan fingerprint density at radius 2 is 1.26 bits per heavy atom. The molecule has 34 heavy (non-hydrogen) atoms. The smallest absolute Gasteiger partial charge is 0.406 e. The fourth-order valence-corrected chi connectivity index (χ4v) is 6.44. The number of halogens is 3. The Bertz CT molecular complexity index is 890. The van der Waals surface area contributed by atoms with Crippen LogP contribution in [0.5, 0.6) is 5.75 Å². The zero-order chi connectivity index (χ0) is 24.0. The Hall–Kier alpha value is -1.71. The molecular formula is C30H41F3O. The summed E-state index contributed by atoms with van der Waals surface area (Å²) in [5, 5.41) is 1.78. The van der Waals surface area contributed by atoms with E-state index in [2.05, 4.69) is 23.8 Å². The maximum absolute atomic E-state index is 12.5. The maximum Gasteiger partial charge on any atom is 0.573 e. The lowest BCUT2D eigenvalue weighted by Crippen LogP contribution is -2.18. The fourth-order valence-electron chi connectivity index (χ4n) is 6.44. The van der Waals surface area contributed by atoms with Gasteiger partial charge in [0.25, 0.3) is 0 Å². The highest BCUT2D eigenvalue weighted by atomic mass is 19.4. The van der Waals surface area contributed by atoms with E-state index in [0.29, 0.717) is 5.92 Å². The minimum absolute atomic E-state index is 0.154. The van der Waals surface area contributed by atoms with Crippen molar-refractivity contribution in [3.05, 3.63) is 42.0 Å². The van der Waals surface area contributed by atoms with E-state index in [-0.39, 0.29) is 5.75 Å². The molecule has 4 heteroatoms. The first-order valence-corrected chi connectivity index (χ1v) is 13.7. The van der Waals surface area contributed by atoms with Crippen molar-refractivity contribution in [3.63, 3.8) is 0 Å². The van der Waals surface area contributed by atoms with E-state index in [4.69, 9.17) is 0 Å². The summed E-state index contributed by atoms with van der Waals surface area (Å²) in [4.78, 5) is 0. The predicted molar refractivity (Wildman–Crippen MR) is 134 cm³/mol. The molecule has 0 saturated heterocycles. The highest BCUT2D eigenvalue weighted by Crippen LogP contribution is 2.41. The van der Waals surface area contributed by atoms with Crippen LogP contribution in [0.2, 0.25) is 0 Å². The summed E-state index contributed by atoms with van der Waals surface area (Å²) in [7, 11) is 0.